The minimum atomic E-state index is 0.586. The predicted octanol–water partition coefficient (Wildman–Crippen LogP) is 1.49. The summed E-state index contributed by atoms with van der Waals surface area (Å²) in [7, 11) is 0. The highest BCUT2D eigenvalue weighted by Crippen LogP contribution is 2.47. The van der Waals surface area contributed by atoms with Crippen LogP contribution in [0.3, 0.4) is 0 Å². The quantitative estimate of drug-likeness (QED) is 0.768. The van der Waals surface area contributed by atoms with E-state index < -0.39 is 0 Å². The van der Waals surface area contributed by atoms with Crippen molar-refractivity contribution in [3.63, 3.8) is 0 Å². The zero-order valence-corrected chi connectivity index (χ0v) is 11.0. The molecule has 1 heterocycles. The summed E-state index contributed by atoms with van der Waals surface area (Å²) in [4.78, 5) is 2.53. The lowest BCUT2D eigenvalue weighted by molar-refractivity contribution is 0.00000340. The Kier molecular flexibility index (Phi) is 3.88. The minimum Gasteiger partial charge on any atom is -0.379 e. The molecule has 0 radical (unpaired) electrons. The molecule has 1 N–H and O–H groups in total. The van der Waals surface area contributed by atoms with Crippen LogP contribution in [0.1, 0.15) is 33.6 Å². The molecule has 3 nitrogen and oxygen atoms in total. The van der Waals surface area contributed by atoms with Gasteiger partial charge in [-0.25, -0.2) is 0 Å². The first-order valence-corrected chi connectivity index (χ1v) is 6.67. The van der Waals surface area contributed by atoms with Gasteiger partial charge in [-0.1, -0.05) is 6.92 Å². The zero-order chi connectivity index (χ0) is 11.6. The second-order valence-electron chi connectivity index (χ2n) is 5.79. The SMILES string of the molecule is CC1COCCN1CCNC(C)C1(C)CC1. The Bertz CT molecular complexity index is 228. The van der Waals surface area contributed by atoms with Crippen LogP contribution in [0.5, 0.6) is 0 Å². The van der Waals surface area contributed by atoms with Crippen LogP contribution in [0.4, 0.5) is 0 Å². The minimum absolute atomic E-state index is 0.586. The summed E-state index contributed by atoms with van der Waals surface area (Å²) in [6.07, 6.45) is 2.80. The molecular weight excluding hydrogens is 200 g/mol. The number of hydrogen-bond donors (Lipinski definition) is 1. The third kappa shape index (κ3) is 2.96. The van der Waals surface area contributed by atoms with E-state index in [-0.39, 0.29) is 0 Å². The van der Waals surface area contributed by atoms with Gasteiger partial charge >= 0.3 is 0 Å². The summed E-state index contributed by atoms with van der Waals surface area (Å²) in [6.45, 7) is 12.1. The molecule has 0 aromatic rings. The zero-order valence-electron chi connectivity index (χ0n) is 11.0. The summed E-state index contributed by atoms with van der Waals surface area (Å²) in [5, 5.41) is 3.67. The Hall–Kier alpha value is -0.120. The molecule has 1 aliphatic heterocycles. The first-order chi connectivity index (χ1) is 7.62. The van der Waals surface area contributed by atoms with Crippen molar-refractivity contribution in [3.8, 4) is 0 Å². The van der Waals surface area contributed by atoms with E-state index in [1.165, 1.54) is 12.8 Å². The molecule has 0 amide bonds. The monoisotopic (exact) mass is 226 g/mol. The van der Waals surface area contributed by atoms with Gasteiger partial charge in [-0.05, 0) is 32.1 Å². The van der Waals surface area contributed by atoms with Crippen LogP contribution in [0.25, 0.3) is 0 Å². The van der Waals surface area contributed by atoms with Crippen molar-refractivity contribution in [2.24, 2.45) is 5.41 Å². The number of morpholine rings is 1. The highest BCUT2D eigenvalue weighted by molar-refractivity contribution is 4.96. The number of nitrogens with one attached hydrogen (secondary N) is 1. The van der Waals surface area contributed by atoms with Gasteiger partial charge in [-0.2, -0.15) is 0 Å². The second-order valence-corrected chi connectivity index (χ2v) is 5.79. The van der Waals surface area contributed by atoms with Gasteiger partial charge in [0.05, 0.1) is 13.2 Å². The number of rotatable bonds is 5. The molecule has 0 spiro atoms. The predicted molar refractivity (Wildman–Crippen MR) is 66.7 cm³/mol. The van der Waals surface area contributed by atoms with E-state index in [0.717, 1.165) is 32.8 Å². The average Bonchev–Trinajstić information content (AvgIpc) is 3.01. The van der Waals surface area contributed by atoms with E-state index in [2.05, 4.69) is 31.0 Å². The Morgan fingerprint density at radius 3 is 2.88 bits per heavy atom. The summed E-state index contributed by atoms with van der Waals surface area (Å²) in [6, 6.07) is 1.26. The first-order valence-electron chi connectivity index (χ1n) is 6.67. The van der Waals surface area contributed by atoms with E-state index in [4.69, 9.17) is 4.74 Å². The fourth-order valence-corrected chi connectivity index (χ4v) is 2.39. The van der Waals surface area contributed by atoms with Crippen LogP contribution in [-0.2, 0) is 4.74 Å². The van der Waals surface area contributed by atoms with E-state index in [1.54, 1.807) is 0 Å². The maximum atomic E-state index is 5.44. The molecule has 2 unspecified atom stereocenters. The molecule has 2 fully saturated rings. The van der Waals surface area contributed by atoms with Crippen molar-refractivity contribution in [2.75, 3.05) is 32.8 Å². The number of hydrogen-bond acceptors (Lipinski definition) is 3. The third-order valence-corrected chi connectivity index (χ3v) is 4.44. The molecule has 3 heteroatoms. The first kappa shape index (κ1) is 12.3. The molecular formula is C13H26N2O. The topological polar surface area (TPSA) is 24.5 Å². The highest BCUT2D eigenvalue weighted by Gasteiger charge is 2.42. The Morgan fingerprint density at radius 1 is 1.50 bits per heavy atom. The van der Waals surface area contributed by atoms with Crippen molar-refractivity contribution >= 4 is 0 Å². The van der Waals surface area contributed by atoms with E-state index in [9.17, 15) is 0 Å². The molecule has 2 atom stereocenters. The molecule has 1 saturated heterocycles. The van der Waals surface area contributed by atoms with E-state index in [0.29, 0.717) is 17.5 Å². The van der Waals surface area contributed by atoms with E-state index >= 15 is 0 Å². The summed E-state index contributed by atoms with van der Waals surface area (Å²) in [5.74, 6) is 0. The van der Waals surface area contributed by atoms with Gasteiger partial charge < -0.3 is 10.1 Å². The lowest BCUT2D eigenvalue weighted by Crippen LogP contribution is -2.47. The molecule has 2 aliphatic rings. The summed E-state index contributed by atoms with van der Waals surface area (Å²) in [5.41, 5.74) is 0.594. The van der Waals surface area contributed by atoms with Crippen LogP contribution < -0.4 is 5.32 Å². The maximum Gasteiger partial charge on any atom is 0.0619 e. The van der Waals surface area contributed by atoms with Crippen LogP contribution >= 0.6 is 0 Å². The van der Waals surface area contributed by atoms with Crippen molar-refractivity contribution in [1.29, 1.82) is 0 Å². The Balaban J connectivity index is 1.63. The van der Waals surface area contributed by atoms with Crippen LogP contribution in [-0.4, -0.2) is 49.8 Å². The van der Waals surface area contributed by atoms with Gasteiger partial charge in [0.2, 0.25) is 0 Å². The van der Waals surface area contributed by atoms with E-state index in [1.807, 2.05) is 0 Å². The summed E-state index contributed by atoms with van der Waals surface area (Å²) >= 11 is 0. The van der Waals surface area contributed by atoms with Gasteiger partial charge in [0.25, 0.3) is 0 Å². The lowest BCUT2D eigenvalue weighted by Gasteiger charge is -2.33. The highest BCUT2D eigenvalue weighted by atomic mass is 16.5. The fourth-order valence-electron chi connectivity index (χ4n) is 2.39. The Morgan fingerprint density at radius 2 is 2.25 bits per heavy atom. The van der Waals surface area contributed by atoms with Gasteiger partial charge in [0.15, 0.2) is 0 Å². The molecule has 0 bridgehead atoms. The van der Waals surface area contributed by atoms with Crippen LogP contribution in [0, 0.1) is 5.41 Å². The van der Waals surface area contributed by atoms with Crippen molar-refractivity contribution in [1.82, 2.24) is 10.2 Å². The van der Waals surface area contributed by atoms with Crippen molar-refractivity contribution < 1.29 is 4.74 Å². The fraction of sp³-hybridized carbons (Fsp3) is 1.00. The smallest absolute Gasteiger partial charge is 0.0619 e. The van der Waals surface area contributed by atoms with Gasteiger partial charge in [0, 0.05) is 31.7 Å². The maximum absolute atomic E-state index is 5.44. The second kappa shape index (κ2) is 5.03. The van der Waals surface area contributed by atoms with Crippen molar-refractivity contribution in [2.45, 2.75) is 45.7 Å². The van der Waals surface area contributed by atoms with Gasteiger partial charge in [-0.15, -0.1) is 0 Å². The normalized spacial score (nSPS) is 31.3. The summed E-state index contributed by atoms with van der Waals surface area (Å²) < 4.78 is 5.44. The largest absolute Gasteiger partial charge is 0.379 e. The molecule has 2 rings (SSSR count). The molecule has 0 aromatic heterocycles. The molecule has 1 aliphatic carbocycles. The number of nitrogens with zero attached hydrogens (tertiary/aromatic N) is 1. The van der Waals surface area contributed by atoms with Crippen LogP contribution in [0.2, 0.25) is 0 Å². The molecule has 94 valence electrons. The average molecular weight is 226 g/mol. The molecule has 1 saturated carbocycles. The standard InChI is InChI=1S/C13H26N2O/c1-11-10-16-9-8-15(11)7-6-14-12(2)13(3)4-5-13/h11-12,14H,4-10H2,1-3H3. The molecule has 0 aromatic carbocycles. The number of ether oxygens (including phenoxy) is 1. The van der Waals surface area contributed by atoms with Gasteiger partial charge in [0.1, 0.15) is 0 Å². The van der Waals surface area contributed by atoms with Crippen molar-refractivity contribution in [3.05, 3.63) is 0 Å². The Labute approximate surface area is 99.5 Å². The van der Waals surface area contributed by atoms with Crippen LogP contribution in [0.15, 0.2) is 0 Å². The lowest BCUT2D eigenvalue weighted by atomic mass is 10.0. The molecule has 16 heavy (non-hydrogen) atoms. The third-order valence-electron chi connectivity index (χ3n) is 4.44. The van der Waals surface area contributed by atoms with Gasteiger partial charge in [-0.3, -0.25) is 4.90 Å².